The maximum absolute atomic E-state index is 5.96. The average Bonchev–Trinajstić information content (AvgIpc) is 2.93. The smallest absolute Gasteiger partial charge is 0.0221 e. The van der Waals surface area contributed by atoms with E-state index in [1.807, 2.05) is 0 Å². The number of fused-ring (bicyclic) bond motifs is 2. The molecule has 0 radical (unpaired) electrons. The van der Waals surface area contributed by atoms with Gasteiger partial charge in [0.05, 0.1) is 0 Å². The van der Waals surface area contributed by atoms with Crippen LogP contribution in [0.15, 0.2) is 0 Å². The number of piperidine rings is 1. The van der Waals surface area contributed by atoms with Crippen molar-refractivity contribution in [2.45, 2.75) is 64.0 Å². The molecule has 2 nitrogen and oxygen atoms in total. The largest absolute Gasteiger partial charge is 0.329 e. The molecule has 17 heavy (non-hydrogen) atoms. The molecule has 2 bridgehead atoms. The molecular weight excluding hydrogens is 208 g/mol. The van der Waals surface area contributed by atoms with E-state index in [4.69, 9.17) is 5.73 Å². The van der Waals surface area contributed by atoms with Crippen LogP contribution in [0.3, 0.4) is 0 Å². The second-order valence-electron chi connectivity index (χ2n) is 6.80. The molecule has 5 unspecified atom stereocenters. The zero-order valence-electron chi connectivity index (χ0n) is 11.3. The molecule has 3 rings (SSSR count). The molecule has 1 saturated heterocycles. The molecule has 1 aliphatic heterocycles. The van der Waals surface area contributed by atoms with Crippen molar-refractivity contribution in [1.29, 1.82) is 0 Å². The molecule has 2 N–H and O–H groups in total. The highest BCUT2D eigenvalue weighted by Gasteiger charge is 2.41. The van der Waals surface area contributed by atoms with E-state index in [0.717, 1.165) is 30.3 Å². The first-order valence-electron chi connectivity index (χ1n) is 7.73. The van der Waals surface area contributed by atoms with Gasteiger partial charge in [0.2, 0.25) is 0 Å². The third-order valence-electron chi connectivity index (χ3n) is 5.80. The molecule has 3 aliphatic rings. The van der Waals surface area contributed by atoms with Crippen molar-refractivity contribution in [3.63, 3.8) is 0 Å². The third kappa shape index (κ3) is 2.26. The predicted octanol–water partition coefficient (Wildman–Crippen LogP) is 2.62. The monoisotopic (exact) mass is 236 g/mol. The zero-order chi connectivity index (χ0) is 11.8. The highest BCUT2D eigenvalue weighted by atomic mass is 15.2. The van der Waals surface area contributed by atoms with Crippen LogP contribution in [0.25, 0.3) is 0 Å². The number of hydrogen-bond donors (Lipinski definition) is 1. The maximum atomic E-state index is 5.96. The van der Waals surface area contributed by atoms with Gasteiger partial charge in [0, 0.05) is 25.2 Å². The van der Waals surface area contributed by atoms with E-state index in [2.05, 4.69) is 11.8 Å². The topological polar surface area (TPSA) is 29.3 Å². The van der Waals surface area contributed by atoms with Gasteiger partial charge in [0.15, 0.2) is 0 Å². The van der Waals surface area contributed by atoms with Gasteiger partial charge in [-0.3, -0.25) is 4.90 Å². The molecule has 0 aromatic heterocycles. The Morgan fingerprint density at radius 3 is 2.65 bits per heavy atom. The second-order valence-corrected chi connectivity index (χ2v) is 6.80. The van der Waals surface area contributed by atoms with Gasteiger partial charge in [0.1, 0.15) is 0 Å². The Labute approximate surface area is 106 Å². The highest BCUT2D eigenvalue weighted by Crippen LogP contribution is 2.48. The quantitative estimate of drug-likeness (QED) is 0.816. The van der Waals surface area contributed by atoms with Crippen LogP contribution in [-0.2, 0) is 0 Å². The Kier molecular flexibility index (Phi) is 3.45. The summed E-state index contributed by atoms with van der Waals surface area (Å²) in [6.45, 7) is 4.63. The molecule has 2 aliphatic carbocycles. The van der Waals surface area contributed by atoms with Crippen LogP contribution in [0.1, 0.15) is 51.9 Å². The summed E-state index contributed by atoms with van der Waals surface area (Å²) in [5.74, 6) is 3.15. The van der Waals surface area contributed by atoms with Crippen LogP contribution in [0, 0.1) is 17.8 Å². The summed E-state index contributed by atoms with van der Waals surface area (Å²) in [6, 6.07) is 1.45. The lowest BCUT2D eigenvalue weighted by atomic mass is 9.86. The summed E-state index contributed by atoms with van der Waals surface area (Å²) < 4.78 is 0. The minimum absolute atomic E-state index is 0.679. The first-order valence-corrected chi connectivity index (χ1v) is 7.73. The molecule has 0 aromatic rings. The molecule has 2 heteroatoms. The van der Waals surface area contributed by atoms with E-state index in [-0.39, 0.29) is 0 Å². The van der Waals surface area contributed by atoms with Gasteiger partial charge in [-0.25, -0.2) is 0 Å². The Hall–Kier alpha value is -0.0800. The van der Waals surface area contributed by atoms with E-state index in [0.29, 0.717) is 6.04 Å². The molecule has 3 fully saturated rings. The van der Waals surface area contributed by atoms with Gasteiger partial charge in [-0.05, 0) is 56.8 Å². The minimum atomic E-state index is 0.679. The molecule has 5 atom stereocenters. The van der Waals surface area contributed by atoms with E-state index in [1.165, 1.54) is 45.1 Å². The number of hydrogen-bond acceptors (Lipinski definition) is 2. The SMILES string of the molecule is CC1CCCC(CN)N1CC1CC2CCC1C2. The average molecular weight is 236 g/mol. The number of nitrogens with zero attached hydrogens (tertiary/aromatic N) is 1. The lowest BCUT2D eigenvalue weighted by Gasteiger charge is -2.42. The van der Waals surface area contributed by atoms with Gasteiger partial charge in [0.25, 0.3) is 0 Å². The standard InChI is InChI=1S/C15H28N2/c1-11-3-2-4-15(9-16)17(11)10-14-8-12-5-6-13(14)7-12/h11-15H,2-10,16H2,1H3. The molecule has 1 heterocycles. The predicted molar refractivity (Wildman–Crippen MR) is 71.8 cm³/mol. The highest BCUT2D eigenvalue weighted by molar-refractivity contribution is 4.93. The fourth-order valence-corrected chi connectivity index (χ4v) is 4.79. The van der Waals surface area contributed by atoms with Crippen LogP contribution >= 0.6 is 0 Å². The van der Waals surface area contributed by atoms with E-state index >= 15 is 0 Å². The van der Waals surface area contributed by atoms with Gasteiger partial charge in [-0.1, -0.05) is 12.8 Å². The fraction of sp³-hybridized carbons (Fsp3) is 1.00. The zero-order valence-corrected chi connectivity index (χ0v) is 11.3. The number of likely N-dealkylation sites (tertiary alicyclic amines) is 1. The van der Waals surface area contributed by atoms with Crippen LogP contribution < -0.4 is 5.73 Å². The molecule has 98 valence electrons. The first-order chi connectivity index (χ1) is 8.28. The van der Waals surface area contributed by atoms with E-state index in [9.17, 15) is 0 Å². The van der Waals surface area contributed by atoms with Crippen LogP contribution in [0.4, 0.5) is 0 Å². The van der Waals surface area contributed by atoms with Crippen molar-refractivity contribution in [3.8, 4) is 0 Å². The normalized spacial score (nSPS) is 46.6. The summed E-state index contributed by atoms with van der Waals surface area (Å²) in [6.07, 6.45) is 10.2. The molecule has 0 amide bonds. The van der Waals surface area contributed by atoms with Crippen molar-refractivity contribution >= 4 is 0 Å². The molecular formula is C15H28N2. The van der Waals surface area contributed by atoms with Crippen LogP contribution in [-0.4, -0.2) is 30.1 Å². The van der Waals surface area contributed by atoms with Gasteiger partial charge < -0.3 is 5.73 Å². The Morgan fingerprint density at radius 1 is 1.12 bits per heavy atom. The summed E-state index contributed by atoms with van der Waals surface area (Å²) in [7, 11) is 0. The Morgan fingerprint density at radius 2 is 2.00 bits per heavy atom. The van der Waals surface area contributed by atoms with E-state index in [1.54, 1.807) is 6.42 Å². The van der Waals surface area contributed by atoms with Gasteiger partial charge >= 0.3 is 0 Å². The lowest BCUT2D eigenvalue weighted by molar-refractivity contribution is 0.0664. The molecule has 0 spiro atoms. The lowest BCUT2D eigenvalue weighted by Crippen LogP contribution is -2.51. The van der Waals surface area contributed by atoms with Crippen LogP contribution in [0.2, 0.25) is 0 Å². The second kappa shape index (κ2) is 4.89. The van der Waals surface area contributed by atoms with Crippen molar-refractivity contribution < 1.29 is 0 Å². The summed E-state index contributed by atoms with van der Waals surface area (Å²) in [5.41, 5.74) is 5.96. The third-order valence-corrected chi connectivity index (χ3v) is 5.80. The Bertz CT molecular complexity index is 266. The fourth-order valence-electron chi connectivity index (χ4n) is 4.79. The molecule has 0 aromatic carbocycles. The van der Waals surface area contributed by atoms with Crippen LogP contribution in [0.5, 0.6) is 0 Å². The molecule has 2 saturated carbocycles. The summed E-state index contributed by atoms with van der Waals surface area (Å²) in [5, 5.41) is 0. The van der Waals surface area contributed by atoms with Crippen molar-refractivity contribution in [1.82, 2.24) is 4.90 Å². The maximum Gasteiger partial charge on any atom is 0.0221 e. The Balaban J connectivity index is 1.62. The van der Waals surface area contributed by atoms with Crippen molar-refractivity contribution in [2.75, 3.05) is 13.1 Å². The summed E-state index contributed by atoms with van der Waals surface area (Å²) >= 11 is 0. The number of nitrogens with two attached hydrogens (primary N) is 1. The van der Waals surface area contributed by atoms with E-state index < -0.39 is 0 Å². The van der Waals surface area contributed by atoms with Crippen molar-refractivity contribution in [3.05, 3.63) is 0 Å². The van der Waals surface area contributed by atoms with Crippen molar-refractivity contribution in [2.24, 2.45) is 23.5 Å². The minimum Gasteiger partial charge on any atom is -0.329 e. The number of rotatable bonds is 3. The first kappa shape index (κ1) is 12.0. The summed E-state index contributed by atoms with van der Waals surface area (Å²) in [4.78, 5) is 2.76. The van der Waals surface area contributed by atoms with Gasteiger partial charge in [-0.15, -0.1) is 0 Å². The van der Waals surface area contributed by atoms with Gasteiger partial charge in [-0.2, -0.15) is 0 Å².